The molecule has 0 unspecified atom stereocenters. The first kappa shape index (κ1) is 34.7. The van der Waals surface area contributed by atoms with Gasteiger partial charge < -0.3 is 4.42 Å². The summed E-state index contributed by atoms with van der Waals surface area (Å²) in [5.41, 5.74) is 20.8. The van der Waals surface area contributed by atoms with Gasteiger partial charge in [0.2, 0.25) is 0 Å². The van der Waals surface area contributed by atoms with Gasteiger partial charge in [0.1, 0.15) is 11.2 Å². The molecule has 0 saturated carbocycles. The summed E-state index contributed by atoms with van der Waals surface area (Å²) >= 11 is 0. The van der Waals surface area contributed by atoms with E-state index in [2.05, 4.69) is 206 Å². The number of hydrogen-bond donors (Lipinski definition) is 0. The van der Waals surface area contributed by atoms with Gasteiger partial charge in [-0.2, -0.15) is 0 Å². The lowest BCUT2D eigenvalue weighted by atomic mass is 9.66. The molecule has 3 nitrogen and oxygen atoms in total. The van der Waals surface area contributed by atoms with Crippen LogP contribution in [0.3, 0.4) is 0 Å². The number of hydrogen-bond acceptors (Lipinski definition) is 3. The number of furan rings is 1. The summed E-state index contributed by atoms with van der Waals surface area (Å²) in [6, 6.07) is 78.8. The van der Waals surface area contributed by atoms with Crippen LogP contribution in [0, 0.1) is 0 Å². The third-order valence-electron chi connectivity index (χ3n) is 13.2. The Labute approximate surface area is 359 Å². The molecule has 2 aromatic heterocycles. The summed E-state index contributed by atoms with van der Waals surface area (Å²) in [5, 5.41) is 2.15. The topological polar surface area (TPSA) is 38.9 Å². The van der Waals surface area contributed by atoms with Gasteiger partial charge in [-0.25, -0.2) is 9.97 Å². The second kappa shape index (κ2) is 13.4. The molecule has 288 valence electrons. The Bertz CT molecular complexity index is 3540. The van der Waals surface area contributed by atoms with Crippen LogP contribution in [0.5, 0.6) is 0 Å². The van der Waals surface area contributed by atoms with E-state index in [1.807, 2.05) is 12.1 Å². The Kier molecular flexibility index (Phi) is 7.52. The van der Waals surface area contributed by atoms with Gasteiger partial charge in [-0.3, -0.25) is 0 Å². The molecule has 0 fully saturated rings. The molecule has 0 atom stereocenters. The fraction of sp³-hybridized carbons (Fsp3) is 0.0169. The van der Waals surface area contributed by atoms with Crippen molar-refractivity contribution in [3.63, 3.8) is 0 Å². The van der Waals surface area contributed by atoms with Crippen LogP contribution in [-0.4, -0.2) is 9.97 Å². The maximum atomic E-state index is 6.24. The summed E-state index contributed by atoms with van der Waals surface area (Å²) in [5.74, 6) is 0.671. The molecule has 0 aliphatic heterocycles. The number of benzene rings is 9. The van der Waals surface area contributed by atoms with Crippen LogP contribution in [0.4, 0.5) is 0 Å². The Morgan fingerprint density at radius 1 is 0.290 bits per heavy atom. The minimum Gasteiger partial charge on any atom is -0.456 e. The lowest BCUT2D eigenvalue weighted by molar-refractivity contribution is 0.669. The highest BCUT2D eigenvalue weighted by Gasteiger charge is 2.49. The van der Waals surface area contributed by atoms with Crippen molar-refractivity contribution in [2.75, 3.05) is 0 Å². The molecule has 9 aromatic carbocycles. The van der Waals surface area contributed by atoms with E-state index in [0.29, 0.717) is 5.82 Å². The monoisotopic (exact) mass is 788 g/mol. The number of rotatable bonds is 4. The average Bonchev–Trinajstić information content (AvgIpc) is 3.84. The average molecular weight is 789 g/mol. The van der Waals surface area contributed by atoms with Gasteiger partial charge in [-0.05, 0) is 103 Å². The second-order valence-corrected chi connectivity index (χ2v) is 16.4. The smallest absolute Gasteiger partial charge is 0.160 e. The van der Waals surface area contributed by atoms with Crippen LogP contribution >= 0.6 is 0 Å². The summed E-state index contributed by atoms with van der Waals surface area (Å²) in [6.07, 6.45) is 0. The third-order valence-corrected chi connectivity index (χ3v) is 13.2. The highest BCUT2D eigenvalue weighted by Crippen LogP contribution is 2.61. The first-order chi connectivity index (χ1) is 30.7. The molecular weight excluding hydrogens is 753 g/mol. The molecule has 0 saturated heterocycles. The minimum absolute atomic E-state index is 0.548. The molecule has 1 spiro atoms. The highest BCUT2D eigenvalue weighted by molar-refractivity contribution is 6.06. The summed E-state index contributed by atoms with van der Waals surface area (Å²) < 4.78 is 6.24. The number of nitrogens with zero attached hydrogens (tertiary/aromatic N) is 2. The number of aromatic nitrogens is 2. The second-order valence-electron chi connectivity index (χ2n) is 16.4. The zero-order valence-corrected chi connectivity index (χ0v) is 33.6. The quantitative estimate of drug-likeness (QED) is 0.178. The lowest BCUT2D eigenvalue weighted by Crippen LogP contribution is -2.29. The third kappa shape index (κ3) is 5.06. The maximum absolute atomic E-state index is 6.24. The van der Waals surface area contributed by atoms with Crippen molar-refractivity contribution in [1.29, 1.82) is 0 Å². The van der Waals surface area contributed by atoms with Crippen LogP contribution < -0.4 is 0 Å². The van der Waals surface area contributed by atoms with E-state index in [-0.39, 0.29) is 0 Å². The van der Waals surface area contributed by atoms with Crippen LogP contribution in [0.2, 0.25) is 0 Å². The molecule has 0 N–H and O–H groups in total. The first-order valence-electron chi connectivity index (χ1n) is 21.2. The van der Waals surface area contributed by atoms with E-state index >= 15 is 0 Å². The van der Waals surface area contributed by atoms with Crippen LogP contribution in [0.25, 0.3) is 100 Å². The van der Waals surface area contributed by atoms with E-state index in [9.17, 15) is 0 Å². The van der Waals surface area contributed by atoms with Gasteiger partial charge >= 0.3 is 0 Å². The normalized spacial score (nSPS) is 13.0. The molecule has 0 amide bonds. The standard InChI is InChI=1S/C59H36N2O/c1-2-14-37(15-3-1)38-26-28-39(29-27-38)54-36-55(40-31-33-57-49(34-40)47-21-9-13-25-56(47)62-57)61-58(60-54)41-30-32-53-48(35-41)43-17-5-4-16-42(43)44-18-6-10-22-50(44)59(53)51-23-11-7-19-45(51)46-20-8-12-24-52(46)59/h1-36H. The summed E-state index contributed by atoms with van der Waals surface area (Å²) in [6.45, 7) is 0. The predicted molar refractivity (Wildman–Crippen MR) is 253 cm³/mol. The Morgan fingerprint density at radius 3 is 1.45 bits per heavy atom. The van der Waals surface area contributed by atoms with E-state index < -0.39 is 5.41 Å². The van der Waals surface area contributed by atoms with Crippen molar-refractivity contribution in [2.45, 2.75) is 5.41 Å². The zero-order valence-electron chi connectivity index (χ0n) is 33.6. The van der Waals surface area contributed by atoms with E-state index in [1.165, 1.54) is 61.2 Å². The first-order valence-corrected chi connectivity index (χ1v) is 21.2. The van der Waals surface area contributed by atoms with Crippen LogP contribution in [0.15, 0.2) is 223 Å². The Hall–Kier alpha value is -8.14. The van der Waals surface area contributed by atoms with Crippen molar-refractivity contribution in [3.05, 3.63) is 241 Å². The predicted octanol–water partition coefficient (Wildman–Crippen LogP) is 15.1. The van der Waals surface area contributed by atoms with Crippen molar-refractivity contribution < 1.29 is 4.42 Å². The molecule has 2 aliphatic rings. The number of fused-ring (bicyclic) bond motifs is 15. The van der Waals surface area contributed by atoms with Gasteiger partial charge in [-0.15, -0.1) is 0 Å². The van der Waals surface area contributed by atoms with Crippen molar-refractivity contribution in [3.8, 4) is 78.4 Å². The zero-order chi connectivity index (χ0) is 40.8. The van der Waals surface area contributed by atoms with E-state index in [0.717, 1.165) is 55.6 Å². The molecule has 3 heteroatoms. The van der Waals surface area contributed by atoms with Gasteiger partial charge in [0.15, 0.2) is 5.82 Å². The number of para-hydroxylation sites is 1. The van der Waals surface area contributed by atoms with Crippen molar-refractivity contribution in [1.82, 2.24) is 9.97 Å². The summed E-state index contributed by atoms with van der Waals surface area (Å²) in [7, 11) is 0. The molecule has 13 rings (SSSR count). The fourth-order valence-electron chi connectivity index (χ4n) is 10.4. The van der Waals surface area contributed by atoms with Crippen molar-refractivity contribution >= 4 is 21.9 Å². The molecule has 0 bridgehead atoms. The highest BCUT2D eigenvalue weighted by atomic mass is 16.3. The molecule has 62 heavy (non-hydrogen) atoms. The maximum Gasteiger partial charge on any atom is 0.160 e. The molecule has 2 heterocycles. The fourth-order valence-corrected chi connectivity index (χ4v) is 10.4. The Balaban J connectivity index is 1.06. The largest absolute Gasteiger partial charge is 0.456 e. The summed E-state index contributed by atoms with van der Waals surface area (Å²) in [4.78, 5) is 10.8. The minimum atomic E-state index is -0.548. The van der Waals surface area contributed by atoms with E-state index in [1.54, 1.807) is 0 Å². The van der Waals surface area contributed by atoms with Crippen molar-refractivity contribution in [2.24, 2.45) is 0 Å². The lowest BCUT2D eigenvalue weighted by Gasteiger charge is -2.35. The van der Waals surface area contributed by atoms with Gasteiger partial charge in [0.05, 0.1) is 16.8 Å². The molecular formula is C59H36N2O. The molecule has 11 aromatic rings. The van der Waals surface area contributed by atoms with Gasteiger partial charge in [0, 0.05) is 27.5 Å². The SMILES string of the molecule is c1ccc(-c2ccc(-c3cc(-c4ccc5oc6ccccc6c5c4)nc(-c4ccc5c(c4)-c4ccccc4-c4ccccc4C54c5ccccc5-c5ccccc54)n3)cc2)cc1. The van der Waals surface area contributed by atoms with Crippen LogP contribution in [-0.2, 0) is 5.41 Å². The van der Waals surface area contributed by atoms with Crippen LogP contribution in [0.1, 0.15) is 22.3 Å². The van der Waals surface area contributed by atoms with Gasteiger partial charge in [0.25, 0.3) is 0 Å². The molecule has 0 radical (unpaired) electrons. The van der Waals surface area contributed by atoms with E-state index in [4.69, 9.17) is 14.4 Å². The Morgan fingerprint density at radius 2 is 0.758 bits per heavy atom. The molecule has 2 aliphatic carbocycles. The van der Waals surface area contributed by atoms with Gasteiger partial charge in [-0.1, -0.05) is 182 Å².